The van der Waals surface area contributed by atoms with Gasteiger partial charge in [0, 0.05) is 27.0 Å². The first kappa shape index (κ1) is 22.3. The lowest BCUT2D eigenvalue weighted by Gasteiger charge is -2.23. The third-order valence-corrected chi connectivity index (χ3v) is 6.98. The van der Waals surface area contributed by atoms with Crippen LogP contribution in [0.2, 0.25) is 5.02 Å². The van der Waals surface area contributed by atoms with Gasteiger partial charge in [-0.25, -0.2) is 0 Å². The SMILES string of the molecule is Cc1ccc(S(=O)(=O)OC[C@H]2c3cc(Cl)ccc3Oc3ccccc3[C@@H]2C[N+](=O)[O-])cc1. The van der Waals surface area contributed by atoms with E-state index in [1.54, 1.807) is 54.6 Å². The van der Waals surface area contributed by atoms with Gasteiger partial charge in [0.2, 0.25) is 6.54 Å². The smallest absolute Gasteiger partial charge is 0.296 e. The maximum Gasteiger partial charge on any atom is 0.296 e. The zero-order valence-electron chi connectivity index (χ0n) is 17.1. The third-order valence-electron chi connectivity index (χ3n) is 5.45. The Hall–Kier alpha value is -2.94. The van der Waals surface area contributed by atoms with Crippen LogP contribution in [0.5, 0.6) is 11.5 Å². The van der Waals surface area contributed by atoms with Gasteiger partial charge in [-0.1, -0.05) is 47.5 Å². The summed E-state index contributed by atoms with van der Waals surface area (Å²) < 4.78 is 37.1. The van der Waals surface area contributed by atoms with Gasteiger partial charge in [0.25, 0.3) is 10.1 Å². The van der Waals surface area contributed by atoms with Crippen molar-refractivity contribution < 1.29 is 22.3 Å². The molecule has 0 fully saturated rings. The normalized spacial score (nSPS) is 17.6. The molecule has 0 radical (unpaired) electrons. The number of rotatable bonds is 6. The van der Waals surface area contributed by atoms with E-state index >= 15 is 0 Å². The number of halogens is 1. The van der Waals surface area contributed by atoms with Crippen LogP contribution < -0.4 is 4.74 Å². The van der Waals surface area contributed by atoms with Gasteiger partial charge in [-0.3, -0.25) is 14.3 Å². The van der Waals surface area contributed by atoms with Crippen molar-refractivity contribution in [1.29, 1.82) is 0 Å². The predicted octanol–water partition coefficient (Wildman–Crippen LogP) is 5.30. The lowest BCUT2D eigenvalue weighted by molar-refractivity contribution is -0.484. The molecule has 4 rings (SSSR count). The highest BCUT2D eigenvalue weighted by atomic mass is 35.5. The van der Waals surface area contributed by atoms with E-state index in [1.165, 1.54) is 12.1 Å². The molecule has 0 saturated heterocycles. The fraction of sp³-hybridized carbons (Fsp3) is 0.217. The Balaban J connectivity index is 1.77. The Morgan fingerprint density at radius 3 is 2.41 bits per heavy atom. The highest BCUT2D eigenvalue weighted by Gasteiger charge is 2.37. The minimum Gasteiger partial charge on any atom is -0.457 e. The van der Waals surface area contributed by atoms with Gasteiger partial charge in [0.15, 0.2) is 0 Å². The van der Waals surface area contributed by atoms with Gasteiger partial charge < -0.3 is 4.74 Å². The van der Waals surface area contributed by atoms with E-state index in [4.69, 9.17) is 20.5 Å². The van der Waals surface area contributed by atoms with Crippen molar-refractivity contribution in [3.63, 3.8) is 0 Å². The lowest BCUT2D eigenvalue weighted by atomic mass is 9.82. The zero-order chi connectivity index (χ0) is 22.9. The van der Waals surface area contributed by atoms with Crippen molar-refractivity contribution in [2.24, 2.45) is 0 Å². The molecule has 1 aliphatic rings. The molecule has 1 aliphatic heterocycles. The van der Waals surface area contributed by atoms with E-state index in [0.29, 0.717) is 27.6 Å². The van der Waals surface area contributed by atoms with Crippen LogP contribution in [0.1, 0.15) is 28.5 Å². The second-order valence-corrected chi connectivity index (χ2v) is 9.65. The fourth-order valence-corrected chi connectivity index (χ4v) is 4.97. The maximum absolute atomic E-state index is 12.8. The number of ether oxygens (including phenoxy) is 1. The average molecular weight is 474 g/mol. The molecule has 3 aromatic carbocycles. The standard InChI is InChI=1S/C23H20ClNO6S/c1-15-6-9-17(10-7-15)32(28,29)30-14-21-19-12-16(24)8-11-23(19)31-22-5-3-2-4-18(22)20(21)13-25(26)27/h2-12,20-21H,13-14H2,1H3/t20-,21-/m0/s1. The molecule has 0 bridgehead atoms. The van der Waals surface area contributed by atoms with Gasteiger partial charge in [-0.2, -0.15) is 8.42 Å². The quantitative estimate of drug-likeness (QED) is 0.273. The number of aryl methyl sites for hydroxylation is 1. The Labute approximate surface area is 190 Å². The second-order valence-electron chi connectivity index (χ2n) is 7.60. The van der Waals surface area contributed by atoms with Gasteiger partial charge in [0.05, 0.1) is 17.4 Å². The Morgan fingerprint density at radius 1 is 1.00 bits per heavy atom. The Kier molecular flexibility index (Phi) is 6.19. The summed E-state index contributed by atoms with van der Waals surface area (Å²) >= 11 is 6.21. The van der Waals surface area contributed by atoms with E-state index in [9.17, 15) is 18.5 Å². The fourth-order valence-electron chi connectivity index (χ4n) is 3.86. The van der Waals surface area contributed by atoms with Crippen molar-refractivity contribution in [2.75, 3.05) is 13.2 Å². The summed E-state index contributed by atoms with van der Waals surface area (Å²) in [6.45, 7) is 1.12. The van der Waals surface area contributed by atoms with Crippen LogP contribution >= 0.6 is 11.6 Å². The molecule has 32 heavy (non-hydrogen) atoms. The molecule has 0 amide bonds. The molecule has 3 aromatic rings. The molecule has 0 aliphatic carbocycles. The molecule has 0 unspecified atom stereocenters. The maximum atomic E-state index is 12.8. The number of nitrogens with zero attached hydrogens (tertiary/aromatic N) is 1. The van der Waals surface area contributed by atoms with Crippen molar-refractivity contribution in [1.82, 2.24) is 0 Å². The van der Waals surface area contributed by atoms with Crippen LogP contribution in [0.15, 0.2) is 71.6 Å². The summed E-state index contributed by atoms with van der Waals surface area (Å²) in [6.07, 6.45) is 0. The first-order valence-electron chi connectivity index (χ1n) is 9.89. The summed E-state index contributed by atoms with van der Waals surface area (Å²) in [4.78, 5) is 11.1. The van der Waals surface area contributed by atoms with Crippen molar-refractivity contribution in [2.45, 2.75) is 23.7 Å². The van der Waals surface area contributed by atoms with Gasteiger partial charge in [0.1, 0.15) is 11.5 Å². The number of para-hydroxylation sites is 1. The largest absolute Gasteiger partial charge is 0.457 e. The van der Waals surface area contributed by atoms with Crippen LogP contribution in [-0.4, -0.2) is 26.5 Å². The summed E-state index contributed by atoms with van der Waals surface area (Å²) in [5, 5.41) is 12.0. The van der Waals surface area contributed by atoms with E-state index in [0.717, 1.165) is 5.56 Å². The van der Waals surface area contributed by atoms with Crippen LogP contribution in [-0.2, 0) is 14.3 Å². The second kappa shape index (κ2) is 8.90. The zero-order valence-corrected chi connectivity index (χ0v) is 18.7. The molecule has 0 saturated carbocycles. The highest BCUT2D eigenvalue weighted by Crippen LogP contribution is 2.47. The van der Waals surface area contributed by atoms with Crippen LogP contribution in [0.3, 0.4) is 0 Å². The number of hydrogen-bond acceptors (Lipinski definition) is 6. The minimum atomic E-state index is -4.07. The molecule has 1 heterocycles. The Morgan fingerprint density at radius 2 is 1.69 bits per heavy atom. The van der Waals surface area contributed by atoms with E-state index in [2.05, 4.69) is 0 Å². The molecule has 7 nitrogen and oxygen atoms in total. The summed E-state index contributed by atoms with van der Waals surface area (Å²) in [5.74, 6) is -0.437. The summed E-state index contributed by atoms with van der Waals surface area (Å²) in [7, 11) is -4.07. The number of hydrogen-bond donors (Lipinski definition) is 0. The number of fused-ring (bicyclic) bond motifs is 2. The molecule has 0 spiro atoms. The summed E-state index contributed by atoms with van der Waals surface area (Å²) in [6, 6.07) is 18.3. The molecule has 9 heteroatoms. The van der Waals surface area contributed by atoms with Gasteiger partial charge in [-0.15, -0.1) is 0 Å². The van der Waals surface area contributed by atoms with E-state index < -0.39 is 33.4 Å². The average Bonchev–Trinajstić information content (AvgIpc) is 2.87. The van der Waals surface area contributed by atoms with Crippen LogP contribution in [0.25, 0.3) is 0 Å². The van der Waals surface area contributed by atoms with Gasteiger partial charge >= 0.3 is 0 Å². The monoisotopic (exact) mass is 473 g/mol. The van der Waals surface area contributed by atoms with Crippen molar-refractivity contribution in [3.8, 4) is 11.5 Å². The van der Waals surface area contributed by atoms with E-state index in [1.807, 2.05) is 6.92 Å². The molecular weight excluding hydrogens is 454 g/mol. The first-order valence-corrected chi connectivity index (χ1v) is 11.7. The highest BCUT2D eigenvalue weighted by molar-refractivity contribution is 7.86. The minimum absolute atomic E-state index is 0.0190. The van der Waals surface area contributed by atoms with Gasteiger partial charge in [-0.05, 0) is 43.3 Å². The molecule has 2 atom stereocenters. The third kappa shape index (κ3) is 4.62. The summed E-state index contributed by atoms with van der Waals surface area (Å²) in [5.41, 5.74) is 2.08. The lowest BCUT2D eigenvalue weighted by Crippen LogP contribution is -2.24. The molecule has 0 N–H and O–H groups in total. The number of benzene rings is 3. The van der Waals surface area contributed by atoms with Crippen LogP contribution in [0.4, 0.5) is 0 Å². The van der Waals surface area contributed by atoms with E-state index in [-0.39, 0.29) is 11.5 Å². The topological polar surface area (TPSA) is 95.7 Å². The van der Waals surface area contributed by atoms with Crippen molar-refractivity contribution >= 4 is 21.7 Å². The van der Waals surface area contributed by atoms with Crippen LogP contribution in [0, 0.1) is 17.0 Å². The predicted molar refractivity (Wildman–Crippen MR) is 120 cm³/mol. The Bertz CT molecular complexity index is 1260. The molecule has 166 valence electrons. The molecular formula is C23H20ClNO6S. The first-order chi connectivity index (χ1) is 15.2. The molecule has 0 aromatic heterocycles. The number of nitro groups is 1. The van der Waals surface area contributed by atoms with Crippen molar-refractivity contribution in [3.05, 3.63) is 98.6 Å².